The van der Waals surface area contributed by atoms with Gasteiger partial charge < -0.3 is 31.9 Å². The van der Waals surface area contributed by atoms with E-state index in [2.05, 4.69) is 16.0 Å². The van der Waals surface area contributed by atoms with Gasteiger partial charge in [0.2, 0.25) is 17.7 Å². The summed E-state index contributed by atoms with van der Waals surface area (Å²) in [6.07, 6.45) is 1.66. The van der Waals surface area contributed by atoms with E-state index in [1.807, 2.05) is 6.26 Å². The van der Waals surface area contributed by atoms with Crippen molar-refractivity contribution in [1.82, 2.24) is 16.0 Å². The van der Waals surface area contributed by atoms with Gasteiger partial charge in [-0.05, 0) is 36.3 Å². The van der Waals surface area contributed by atoms with E-state index in [-0.39, 0.29) is 12.8 Å². The van der Waals surface area contributed by atoms with Gasteiger partial charge in [-0.1, -0.05) is 44.2 Å². The van der Waals surface area contributed by atoms with Crippen LogP contribution in [0.25, 0.3) is 0 Å². The largest absolute Gasteiger partial charge is 0.481 e. The highest BCUT2D eigenvalue weighted by Gasteiger charge is 2.31. The molecular formula is C24H36N4O7S. The van der Waals surface area contributed by atoms with Crippen LogP contribution in [-0.4, -0.2) is 76.0 Å². The van der Waals surface area contributed by atoms with Crippen molar-refractivity contribution in [2.24, 2.45) is 11.7 Å². The van der Waals surface area contributed by atoms with E-state index >= 15 is 0 Å². The molecule has 11 nitrogen and oxygen atoms in total. The van der Waals surface area contributed by atoms with E-state index in [1.54, 1.807) is 44.2 Å². The second-order valence-electron chi connectivity index (χ2n) is 8.70. The van der Waals surface area contributed by atoms with E-state index in [0.717, 1.165) is 0 Å². The highest BCUT2D eigenvalue weighted by molar-refractivity contribution is 7.98. The molecule has 0 heterocycles. The lowest BCUT2D eigenvalue weighted by atomic mass is 10.0. The summed E-state index contributed by atoms with van der Waals surface area (Å²) in [4.78, 5) is 61.4. The summed E-state index contributed by atoms with van der Waals surface area (Å²) in [5.74, 6) is -4.25. The second-order valence-corrected chi connectivity index (χ2v) is 9.69. The summed E-state index contributed by atoms with van der Waals surface area (Å²) in [6.45, 7) is 3.28. The Balaban J connectivity index is 3.11. The van der Waals surface area contributed by atoms with E-state index in [0.29, 0.717) is 17.7 Å². The molecule has 1 aromatic carbocycles. The maximum Gasteiger partial charge on any atom is 0.326 e. The number of hydrogen-bond donors (Lipinski definition) is 6. The Morgan fingerprint density at radius 3 is 2.00 bits per heavy atom. The number of rotatable bonds is 16. The number of hydrogen-bond acceptors (Lipinski definition) is 7. The fourth-order valence-electron chi connectivity index (χ4n) is 3.29. The third-order valence-electron chi connectivity index (χ3n) is 5.40. The molecule has 7 N–H and O–H groups in total. The van der Waals surface area contributed by atoms with Crippen molar-refractivity contribution in [3.63, 3.8) is 0 Å². The van der Waals surface area contributed by atoms with Crippen LogP contribution < -0.4 is 21.7 Å². The zero-order valence-corrected chi connectivity index (χ0v) is 21.5. The van der Waals surface area contributed by atoms with Gasteiger partial charge in [0.1, 0.15) is 18.1 Å². The number of carboxylic acids is 2. The summed E-state index contributed by atoms with van der Waals surface area (Å²) in [7, 11) is 0. The van der Waals surface area contributed by atoms with Crippen molar-refractivity contribution in [3.05, 3.63) is 35.9 Å². The Bertz CT molecular complexity index is 898. The third kappa shape index (κ3) is 11.1. The molecule has 0 spiro atoms. The van der Waals surface area contributed by atoms with Crippen LogP contribution in [-0.2, 0) is 30.4 Å². The maximum atomic E-state index is 13.1. The van der Waals surface area contributed by atoms with Crippen molar-refractivity contribution >= 4 is 41.4 Å². The molecule has 1 aromatic rings. The molecular weight excluding hydrogens is 488 g/mol. The fourth-order valence-corrected chi connectivity index (χ4v) is 3.78. The molecule has 1 rings (SSSR count). The lowest BCUT2D eigenvalue weighted by Crippen LogP contribution is -2.58. The van der Waals surface area contributed by atoms with Gasteiger partial charge in [0.25, 0.3) is 0 Å². The molecule has 0 aromatic heterocycles. The first-order valence-corrected chi connectivity index (χ1v) is 13.0. The molecule has 0 saturated carbocycles. The smallest absolute Gasteiger partial charge is 0.326 e. The molecule has 0 aliphatic rings. The molecule has 12 heteroatoms. The number of nitrogens with one attached hydrogen (secondary N) is 3. The summed E-state index contributed by atoms with van der Waals surface area (Å²) in [5.41, 5.74) is 6.59. The van der Waals surface area contributed by atoms with E-state index in [9.17, 15) is 29.1 Å². The van der Waals surface area contributed by atoms with E-state index in [1.165, 1.54) is 11.8 Å². The molecule has 0 bridgehead atoms. The topological polar surface area (TPSA) is 188 Å². The van der Waals surface area contributed by atoms with Crippen LogP contribution in [0.5, 0.6) is 0 Å². The van der Waals surface area contributed by atoms with Crippen molar-refractivity contribution in [2.45, 2.75) is 63.7 Å². The molecule has 0 radical (unpaired) electrons. The molecule has 4 unspecified atom stereocenters. The Morgan fingerprint density at radius 1 is 0.889 bits per heavy atom. The van der Waals surface area contributed by atoms with Gasteiger partial charge in [-0.15, -0.1) is 0 Å². The van der Waals surface area contributed by atoms with Crippen molar-refractivity contribution in [2.75, 3.05) is 12.0 Å². The predicted octanol–water partition coefficient (Wildman–Crippen LogP) is 0.369. The zero-order valence-electron chi connectivity index (χ0n) is 20.7. The first-order valence-electron chi connectivity index (χ1n) is 11.6. The minimum Gasteiger partial charge on any atom is -0.481 e. The third-order valence-corrected chi connectivity index (χ3v) is 6.04. The molecule has 0 aliphatic carbocycles. The summed E-state index contributed by atoms with van der Waals surface area (Å²) in [6, 6.07) is 4.31. The van der Waals surface area contributed by atoms with Gasteiger partial charge >= 0.3 is 11.9 Å². The lowest BCUT2D eigenvalue weighted by Gasteiger charge is -2.26. The zero-order chi connectivity index (χ0) is 27.3. The summed E-state index contributed by atoms with van der Waals surface area (Å²) >= 11 is 1.50. The second kappa shape index (κ2) is 15.8. The molecule has 0 aliphatic heterocycles. The highest BCUT2D eigenvalue weighted by Crippen LogP contribution is 2.09. The van der Waals surface area contributed by atoms with Crippen LogP contribution in [0.3, 0.4) is 0 Å². The molecule has 36 heavy (non-hydrogen) atoms. The number of benzene rings is 1. The van der Waals surface area contributed by atoms with Gasteiger partial charge in [-0.2, -0.15) is 11.8 Å². The van der Waals surface area contributed by atoms with Gasteiger partial charge in [0.05, 0.1) is 6.04 Å². The number of carbonyl (C=O) groups is 5. The minimum absolute atomic E-state index is 0.0513. The van der Waals surface area contributed by atoms with Crippen molar-refractivity contribution < 1.29 is 34.2 Å². The van der Waals surface area contributed by atoms with E-state index < -0.39 is 66.2 Å². The van der Waals surface area contributed by atoms with Crippen LogP contribution in [0, 0.1) is 5.92 Å². The summed E-state index contributed by atoms with van der Waals surface area (Å²) < 4.78 is 0. The first-order chi connectivity index (χ1) is 17.0. The monoisotopic (exact) mass is 524 g/mol. The number of nitrogens with two attached hydrogens (primary N) is 1. The predicted molar refractivity (Wildman–Crippen MR) is 136 cm³/mol. The average Bonchev–Trinajstić information content (AvgIpc) is 2.82. The van der Waals surface area contributed by atoms with Gasteiger partial charge in [-0.3, -0.25) is 19.2 Å². The molecule has 200 valence electrons. The first kappa shape index (κ1) is 30.9. The number of carbonyl (C=O) groups excluding carboxylic acids is 3. The minimum atomic E-state index is -1.25. The molecule has 4 atom stereocenters. The van der Waals surface area contributed by atoms with Gasteiger partial charge in [-0.25, -0.2) is 4.79 Å². The Labute approximate surface area is 215 Å². The fraction of sp³-hybridized carbons (Fsp3) is 0.542. The molecule has 0 saturated heterocycles. The van der Waals surface area contributed by atoms with Crippen LogP contribution >= 0.6 is 11.8 Å². The average molecular weight is 525 g/mol. The summed E-state index contributed by atoms with van der Waals surface area (Å²) in [5, 5.41) is 26.0. The van der Waals surface area contributed by atoms with Crippen LogP contribution in [0.1, 0.15) is 38.7 Å². The van der Waals surface area contributed by atoms with Crippen molar-refractivity contribution in [3.8, 4) is 0 Å². The van der Waals surface area contributed by atoms with Gasteiger partial charge in [0, 0.05) is 12.8 Å². The maximum absolute atomic E-state index is 13.1. The Morgan fingerprint density at radius 2 is 1.47 bits per heavy atom. The Kier molecular flexibility index (Phi) is 13.6. The Hall–Kier alpha value is -3.12. The van der Waals surface area contributed by atoms with Crippen LogP contribution in [0.15, 0.2) is 30.3 Å². The van der Waals surface area contributed by atoms with Crippen LogP contribution in [0.2, 0.25) is 0 Å². The van der Waals surface area contributed by atoms with E-state index in [4.69, 9.17) is 10.8 Å². The highest BCUT2D eigenvalue weighted by atomic mass is 32.2. The van der Waals surface area contributed by atoms with Gasteiger partial charge in [0.15, 0.2) is 0 Å². The normalized spacial score (nSPS) is 14.2. The van der Waals surface area contributed by atoms with Crippen molar-refractivity contribution in [1.29, 1.82) is 0 Å². The lowest BCUT2D eigenvalue weighted by molar-refractivity contribution is -0.143. The number of thioether (sulfide) groups is 1. The quantitative estimate of drug-likeness (QED) is 0.177. The number of carboxylic acid groups (broad SMARTS) is 2. The SMILES string of the molecule is CSCCC(N)C(=O)NC(CCC(=O)O)C(=O)NC(Cc1ccccc1)C(=O)NC(C(=O)O)C(C)C. The molecule has 3 amide bonds. The number of aliphatic carboxylic acids is 2. The standard InChI is InChI=1S/C24H36N4O7S/c1-14(2)20(24(34)35)28-23(33)18(13-15-7-5-4-6-8-15)27-22(32)17(9-10-19(29)30)26-21(31)16(25)11-12-36-3/h4-8,14,16-18,20H,9-13,25H2,1-3H3,(H,26,31)(H,27,32)(H,28,33)(H,29,30)(H,34,35). The molecule has 0 fully saturated rings. The number of amides is 3. The van der Waals surface area contributed by atoms with Crippen LogP contribution in [0.4, 0.5) is 0 Å².